The molecule has 0 atom stereocenters. The van der Waals surface area contributed by atoms with Crippen molar-refractivity contribution in [2.24, 2.45) is 0 Å². The smallest absolute Gasteiger partial charge is 0.0669 e. The van der Waals surface area contributed by atoms with Crippen LogP contribution in [0.5, 0.6) is 0 Å². The van der Waals surface area contributed by atoms with E-state index in [9.17, 15) is 0 Å². The molecule has 90 valence electrons. The topological polar surface area (TPSA) is 35.8 Å². The number of nitrogens with zero attached hydrogens (tertiary/aromatic N) is 1. The van der Waals surface area contributed by atoms with Crippen molar-refractivity contribution in [3.8, 4) is 6.07 Å². The number of hydrogen-bond donors (Lipinski definition) is 1. The highest BCUT2D eigenvalue weighted by molar-refractivity contribution is 9.10. The van der Waals surface area contributed by atoms with Crippen molar-refractivity contribution in [2.75, 3.05) is 5.32 Å². The lowest BCUT2D eigenvalue weighted by molar-refractivity contribution is 1.14. The van der Waals surface area contributed by atoms with Gasteiger partial charge in [-0.05, 0) is 35.4 Å². The monoisotopic (exact) mass is 300 g/mol. The molecule has 0 aliphatic carbocycles. The first-order valence-electron chi connectivity index (χ1n) is 5.72. The summed E-state index contributed by atoms with van der Waals surface area (Å²) in [5.41, 5.74) is 3.35. The van der Waals surface area contributed by atoms with E-state index >= 15 is 0 Å². The van der Waals surface area contributed by atoms with E-state index in [1.165, 1.54) is 5.56 Å². The van der Waals surface area contributed by atoms with Crippen molar-refractivity contribution in [1.82, 2.24) is 0 Å². The zero-order valence-electron chi connectivity index (χ0n) is 9.86. The van der Waals surface area contributed by atoms with Crippen LogP contribution in [0.3, 0.4) is 0 Å². The van der Waals surface area contributed by atoms with Gasteiger partial charge in [0.25, 0.3) is 0 Å². The second kappa shape index (κ2) is 6.23. The van der Waals surface area contributed by atoms with Gasteiger partial charge in [-0.1, -0.05) is 40.2 Å². The van der Waals surface area contributed by atoms with E-state index in [1.807, 2.05) is 36.4 Å². The van der Waals surface area contributed by atoms with E-state index in [0.717, 1.165) is 22.3 Å². The highest BCUT2D eigenvalue weighted by Crippen LogP contribution is 2.14. The summed E-state index contributed by atoms with van der Waals surface area (Å²) >= 11 is 3.42. The second-order valence-corrected chi connectivity index (χ2v) is 4.93. The molecule has 0 unspecified atom stereocenters. The maximum Gasteiger partial charge on any atom is 0.0669 e. The summed E-state index contributed by atoms with van der Waals surface area (Å²) in [7, 11) is 0. The molecular formula is C15H13BrN2. The fourth-order valence-electron chi connectivity index (χ4n) is 1.64. The molecule has 0 heterocycles. The first-order chi connectivity index (χ1) is 8.78. The summed E-state index contributed by atoms with van der Waals surface area (Å²) in [6, 6.07) is 18.3. The van der Waals surface area contributed by atoms with Gasteiger partial charge in [-0.25, -0.2) is 0 Å². The molecule has 0 bridgehead atoms. The molecule has 2 aromatic rings. The average molecular weight is 301 g/mol. The Labute approximate surface area is 115 Å². The van der Waals surface area contributed by atoms with E-state index in [4.69, 9.17) is 5.26 Å². The van der Waals surface area contributed by atoms with Gasteiger partial charge >= 0.3 is 0 Å². The molecule has 18 heavy (non-hydrogen) atoms. The molecule has 2 aromatic carbocycles. The molecule has 0 aliphatic heterocycles. The standard InChI is InChI=1S/C15H13BrN2/c16-14-5-1-13(2-6-14)11-18-15-7-3-12(4-8-15)9-10-17/h1-8,18H,9,11H2. The lowest BCUT2D eigenvalue weighted by atomic mass is 10.1. The summed E-state index contributed by atoms with van der Waals surface area (Å²) in [6.45, 7) is 0.797. The third-order valence-corrected chi connectivity index (χ3v) is 3.18. The Bertz CT molecular complexity index is 538. The molecule has 0 saturated heterocycles. The van der Waals surface area contributed by atoms with Gasteiger partial charge in [0, 0.05) is 16.7 Å². The van der Waals surface area contributed by atoms with Crippen LogP contribution in [-0.2, 0) is 13.0 Å². The Kier molecular flexibility index (Phi) is 4.38. The fourth-order valence-corrected chi connectivity index (χ4v) is 1.90. The van der Waals surface area contributed by atoms with Gasteiger partial charge in [-0.15, -0.1) is 0 Å². The Hall–Kier alpha value is -1.79. The normalized spacial score (nSPS) is 9.78. The van der Waals surface area contributed by atoms with Crippen LogP contribution >= 0.6 is 15.9 Å². The zero-order valence-corrected chi connectivity index (χ0v) is 11.4. The fraction of sp³-hybridized carbons (Fsp3) is 0.133. The molecule has 3 heteroatoms. The number of halogens is 1. The number of benzene rings is 2. The van der Waals surface area contributed by atoms with Crippen molar-refractivity contribution < 1.29 is 0 Å². The van der Waals surface area contributed by atoms with Crippen LogP contribution in [0.4, 0.5) is 5.69 Å². The number of hydrogen-bond acceptors (Lipinski definition) is 2. The van der Waals surface area contributed by atoms with Crippen LogP contribution in [0.25, 0.3) is 0 Å². The molecule has 0 aliphatic rings. The number of nitriles is 1. The minimum Gasteiger partial charge on any atom is -0.381 e. The minimum absolute atomic E-state index is 0.465. The maximum absolute atomic E-state index is 8.59. The number of nitrogens with one attached hydrogen (secondary N) is 1. The van der Waals surface area contributed by atoms with Crippen LogP contribution in [0.1, 0.15) is 11.1 Å². The molecule has 2 rings (SSSR count). The third kappa shape index (κ3) is 3.61. The molecule has 0 aromatic heterocycles. The molecule has 0 amide bonds. The van der Waals surface area contributed by atoms with Crippen LogP contribution in [0.2, 0.25) is 0 Å². The molecule has 2 nitrogen and oxygen atoms in total. The lowest BCUT2D eigenvalue weighted by Crippen LogP contribution is -1.99. The maximum atomic E-state index is 8.59. The summed E-state index contributed by atoms with van der Waals surface area (Å²) in [5, 5.41) is 11.9. The average Bonchev–Trinajstić information content (AvgIpc) is 2.40. The van der Waals surface area contributed by atoms with Crippen molar-refractivity contribution in [3.05, 3.63) is 64.1 Å². The quantitative estimate of drug-likeness (QED) is 0.921. The van der Waals surface area contributed by atoms with Gasteiger partial charge < -0.3 is 5.32 Å². The summed E-state index contributed by atoms with van der Waals surface area (Å²) < 4.78 is 1.09. The predicted octanol–water partition coefficient (Wildman–Crippen LogP) is 4.13. The summed E-state index contributed by atoms with van der Waals surface area (Å²) in [6.07, 6.45) is 0.465. The predicted molar refractivity (Wildman–Crippen MR) is 77.2 cm³/mol. The van der Waals surface area contributed by atoms with Crippen molar-refractivity contribution in [1.29, 1.82) is 5.26 Å². The highest BCUT2D eigenvalue weighted by atomic mass is 79.9. The Morgan fingerprint density at radius 2 is 1.56 bits per heavy atom. The SMILES string of the molecule is N#CCc1ccc(NCc2ccc(Br)cc2)cc1. The van der Waals surface area contributed by atoms with E-state index in [1.54, 1.807) is 0 Å². The van der Waals surface area contributed by atoms with Gasteiger partial charge in [-0.2, -0.15) is 5.26 Å². The molecule has 0 radical (unpaired) electrons. The summed E-state index contributed by atoms with van der Waals surface area (Å²) in [5.74, 6) is 0. The van der Waals surface area contributed by atoms with Gasteiger partial charge in [0.15, 0.2) is 0 Å². The molecule has 0 spiro atoms. The van der Waals surface area contributed by atoms with E-state index in [-0.39, 0.29) is 0 Å². The Balaban J connectivity index is 1.94. The van der Waals surface area contributed by atoms with Gasteiger partial charge in [-0.3, -0.25) is 0 Å². The van der Waals surface area contributed by atoms with Crippen LogP contribution < -0.4 is 5.32 Å². The first kappa shape index (κ1) is 12.7. The van der Waals surface area contributed by atoms with E-state index in [2.05, 4.69) is 39.4 Å². The van der Waals surface area contributed by atoms with Crippen molar-refractivity contribution >= 4 is 21.6 Å². The molecular weight excluding hydrogens is 288 g/mol. The van der Waals surface area contributed by atoms with Gasteiger partial charge in [0.2, 0.25) is 0 Å². The van der Waals surface area contributed by atoms with Gasteiger partial charge in [0.05, 0.1) is 12.5 Å². The van der Waals surface area contributed by atoms with Crippen LogP contribution in [-0.4, -0.2) is 0 Å². The number of rotatable bonds is 4. The number of anilines is 1. The zero-order chi connectivity index (χ0) is 12.8. The lowest BCUT2D eigenvalue weighted by Gasteiger charge is -2.07. The molecule has 0 fully saturated rings. The molecule has 0 saturated carbocycles. The second-order valence-electron chi connectivity index (χ2n) is 4.01. The highest BCUT2D eigenvalue weighted by Gasteiger charge is 1.95. The van der Waals surface area contributed by atoms with Crippen molar-refractivity contribution in [3.63, 3.8) is 0 Å². The van der Waals surface area contributed by atoms with E-state index in [0.29, 0.717) is 6.42 Å². The van der Waals surface area contributed by atoms with Crippen LogP contribution in [0, 0.1) is 11.3 Å². The minimum atomic E-state index is 0.465. The summed E-state index contributed by atoms with van der Waals surface area (Å²) in [4.78, 5) is 0. The Morgan fingerprint density at radius 3 is 2.17 bits per heavy atom. The van der Waals surface area contributed by atoms with Crippen LogP contribution in [0.15, 0.2) is 53.0 Å². The van der Waals surface area contributed by atoms with Gasteiger partial charge in [0.1, 0.15) is 0 Å². The third-order valence-electron chi connectivity index (χ3n) is 2.65. The molecule has 1 N–H and O–H groups in total. The van der Waals surface area contributed by atoms with E-state index < -0.39 is 0 Å². The first-order valence-corrected chi connectivity index (χ1v) is 6.51. The Morgan fingerprint density at radius 1 is 0.944 bits per heavy atom. The largest absolute Gasteiger partial charge is 0.381 e. The van der Waals surface area contributed by atoms with Crippen molar-refractivity contribution in [2.45, 2.75) is 13.0 Å².